The van der Waals surface area contributed by atoms with Gasteiger partial charge in [0.1, 0.15) is 5.75 Å². The van der Waals surface area contributed by atoms with Gasteiger partial charge in [0.15, 0.2) is 0 Å². The van der Waals surface area contributed by atoms with Crippen LogP contribution < -0.4 is 4.74 Å². The number of methoxy groups -OCH3 is 1. The molecule has 2 fully saturated rings. The molecule has 5 nitrogen and oxygen atoms in total. The first-order valence-corrected chi connectivity index (χ1v) is 9.27. The number of amides is 1. The predicted molar refractivity (Wildman–Crippen MR) is 102 cm³/mol. The number of rotatable bonds is 3. The zero-order valence-electron chi connectivity index (χ0n) is 16.3. The molecule has 1 amide bonds. The Balaban J connectivity index is 1.75. The van der Waals surface area contributed by atoms with Crippen molar-refractivity contribution >= 4 is 16.8 Å². The van der Waals surface area contributed by atoms with Crippen LogP contribution in [0.25, 0.3) is 10.9 Å². The van der Waals surface area contributed by atoms with Crippen LogP contribution in [0.1, 0.15) is 36.3 Å². The van der Waals surface area contributed by atoms with Crippen LogP contribution in [0.5, 0.6) is 5.75 Å². The molecule has 5 heteroatoms. The van der Waals surface area contributed by atoms with E-state index in [1.807, 2.05) is 37.1 Å². The molecule has 0 spiro atoms. The lowest BCUT2D eigenvalue weighted by Crippen LogP contribution is -2.54. The maximum Gasteiger partial charge on any atom is 0.256 e. The number of carbonyl (C=O) groups is 1. The minimum atomic E-state index is -0.116. The van der Waals surface area contributed by atoms with Crippen molar-refractivity contribution in [2.75, 3.05) is 26.8 Å². The number of fused-ring (bicyclic) bond motifs is 2. The lowest BCUT2D eigenvalue weighted by molar-refractivity contribution is -0.0976. The molecule has 1 N–H and O–H groups in total. The summed E-state index contributed by atoms with van der Waals surface area (Å²) in [6.45, 7) is 8.02. The number of aryl methyl sites for hydroxylation is 1. The van der Waals surface area contributed by atoms with E-state index in [0.717, 1.165) is 40.9 Å². The summed E-state index contributed by atoms with van der Waals surface area (Å²) in [7, 11) is 3.64. The first-order valence-electron chi connectivity index (χ1n) is 9.27. The molecule has 1 saturated heterocycles. The van der Waals surface area contributed by atoms with E-state index in [0.29, 0.717) is 12.5 Å². The van der Waals surface area contributed by atoms with Crippen molar-refractivity contribution in [1.29, 1.82) is 0 Å². The lowest BCUT2D eigenvalue weighted by atomic mass is 9.48. The maximum atomic E-state index is 13.5. The molecule has 1 aromatic carbocycles. The highest BCUT2D eigenvalue weighted by molar-refractivity contribution is 6.09. The van der Waals surface area contributed by atoms with Gasteiger partial charge in [-0.1, -0.05) is 13.8 Å². The Morgan fingerprint density at radius 1 is 1.38 bits per heavy atom. The quantitative estimate of drug-likeness (QED) is 0.920. The topological polar surface area (TPSA) is 54.7 Å². The fraction of sp³-hybridized carbons (Fsp3) is 0.571. The third-order valence-corrected chi connectivity index (χ3v) is 6.91. The van der Waals surface area contributed by atoms with Crippen molar-refractivity contribution in [2.45, 2.75) is 27.2 Å². The van der Waals surface area contributed by atoms with Gasteiger partial charge in [0.25, 0.3) is 5.91 Å². The standard InChI is InChI=1S/C21H28N2O3/c1-13-18(15-8-14(26-5)6-7-16(15)22(13)4)19(25)23-9-17-20(2,3)10-21(17,11-23)12-24/h6-8,17,24H,9-12H2,1-5H3/t17-,21-/m1/s1. The van der Waals surface area contributed by atoms with E-state index in [-0.39, 0.29) is 23.3 Å². The van der Waals surface area contributed by atoms with Gasteiger partial charge in [-0.25, -0.2) is 0 Å². The number of nitrogens with zero attached hydrogens (tertiary/aromatic N) is 2. The third-order valence-electron chi connectivity index (χ3n) is 6.91. The fourth-order valence-electron chi connectivity index (χ4n) is 5.60. The highest BCUT2D eigenvalue weighted by atomic mass is 16.5. The van der Waals surface area contributed by atoms with Gasteiger partial charge in [-0.3, -0.25) is 4.79 Å². The van der Waals surface area contributed by atoms with E-state index in [4.69, 9.17) is 4.74 Å². The van der Waals surface area contributed by atoms with Crippen LogP contribution in [-0.4, -0.2) is 47.3 Å². The second-order valence-corrected chi connectivity index (χ2v) is 8.83. The number of aliphatic hydroxyl groups excluding tert-OH is 1. The van der Waals surface area contributed by atoms with Crippen LogP contribution in [0.3, 0.4) is 0 Å². The molecule has 2 heterocycles. The molecule has 0 unspecified atom stereocenters. The number of hydrogen-bond donors (Lipinski definition) is 1. The first kappa shape index (κ1) is 17.4. The summed E-state index contributed by atoms with van der Waals surface area (Å²) in [5.41, 5.74) is 2.83. The van der Waals surface area contributed by atoms with Crippen molar-refractivity contribution in [1.82, 2.24) is 9.47 Å². The maximum absolute atomic E-state index is 13.5. The van der Waals surface area contributed by atoms with Crippen molar-refractivity contribution in [3.8, 4) is 5.75 Å². The highest BCUT2D eigenvalue weighted by Gasteiger charge is 2.63. The van der Waals surface area contributed by atoms with Crippen molar-refractivity contribution in [3.05, 3.63) is 29.5 Å². The number of likely N-dealkylation sites (tertiary alicyclic amines) is 1. The van der Waals surface area contributed by atoms with Gasteiger partial charge < -0.3 is 19.3 Å². The number of aromatic nitrogens is 1. The second-order valence-electron chi connectivity index (χ2n) is 8.83. The Hall–Kier alpha value is -2.01. The van der Waals surface area contributed by atoms with Crippen LogP contribution in [0, 0.1) is 23.7 Å². The molecule has 4 rings (SSSR count). The number of benzene rings is 1. The lowest BCUT2D eigenvalue weighted by Gasteiger charge is -2.55. The minimum Gasteiger partial charge on any atom is -0.497 e. The van der Waals surface area contributed by atoms with Crippen LogP contribution in [0.15, 0.2) is 18.2 Å². The van der Waals surface area contributed by atoms with E-state index < -0.39 is 0 Å². The van der Waals surface area contributed by atoms with Crippen LogP contribution in [-0.2, 0) is 7.05 Å². The molecule has 140 valence electrons. The van der Waals surface area contributed by atoms with Gasteiger partial charge in [-0.2, -0.15) is 0 Å². The second kappa shape index (κ2) is 5.49. The summed E-state index contributed by atoms with van der Waals surface area (Å²) in [5, 5.41) is 10.9. The Labute approximate surface area is 154 Å². The van der Waals surface area contributed by atoms with E-state index >= 15 is 0 Å². The van der Waals surface area contributed by atoms with Gasteiger partial charge in [0.2, 0.25) is 0 Å². The van der Waals surface area contributed by atoms with E-state index in [2.05, 4.69) is 18.4 Å². The molecule has 2 aliphatic rings. The molecule has 2 atom stereocenters. The molecule has 1 aliphatic heterocycles. The molecule has 1 aromatic heterocycles. The zero-order valence-corrected chi connectivity index (χ0v) is 16.3. The summed E-state index contributed by atoms with van der Waals surface area (Å²) in [6, 6.07) is 5.88. The molecule has 1 saturated carbocycles. The molecule has 2 aromatic rings. The Kier molecular flexibility index (Phi) is 3.68. The summed E-state index contributed by atoms with van der Waals surface area (Å²) < 4.78 is 7.44. The number of aliphatic hydroxyl groups is 1. The van der Waals surface area contributed by atoms with Gasteiger partial charge in [0, 0.05) is 42.1 Å². The Morgan fingerprint density at radius 2 is 2.12 bits per heavy atom. The zero-order chi connectivity index (χ0) is 18.9. The summed E-state index contributed by atoms with van der Waals surface area (Å²) in [5.74, 6) is 1.19. The van der Waals surface area contributed by atoms with Gasteiger partial charge in [0.05, 0.1) is 19.3 Å². The van der Waals surface area contributed by atoms with Crippen LogP contribution in [0.4, 0.5) is 0 Å². The monoisotopic (exact) mass is 356 g/mol. The van der Waals surface area contributed by atoms with Crippen LogP contribution >= 0.6 is 0 Å². The third kappa shape index (κ3) is 2.16. The molecule has 26 heavy (non-hydrogen) atoms. The largest absolute Gasteiger partial charge is 0.497 e. The van der Waals surface area contributed by atoms with Crippen LogP contribution in [0.2, 0.25) is 0 Å². The SMILES string of the molecule is COc1ccc2c(c1)c(C(=O)N1C[C@@H]3C(C)(C)C[C@]3(CO)C1)c(C)n2C. The predicted octanol–water partition coefficient (Wildman–Crippen LogP) is 2.98. The molecule has 0 bridgehead atoms. The average Bonchev–Trinajstić information content (AvgIpc) is 3.08. The van der Waals surface area contributed by atoms with Gasteiger partial charge >= 0.3 is 0 Å². The Morgan fingerprint density at radius 3 is 2.69 bits per heavy atom. The number of ether oxygens (including phenoxy) is 1. The number of hydrogen-bond acceptors (Lipinski definition) is 3. The molecular weight excluding hydrogens is 328 g/mol. The highest BCUT2D eigenvalue weighted by Crippen LogP contribution is 2.62. The van der Waals surface area contributed by atoms with Gasteiger partial charge in [-0.05, 0) is 42.9 Å². The molecule has 0 radical (unpaired) electrons. The summed E-state index contributed by atoms with van der Waals surface area (Å²) >= 11 is 0. The molecule has 1 aliphatic carbocycles. The van der Waals surface area contributed by atoms with Gasteiger partial charge in [-0.15, -0.1) is 0 Å². The van der Waals surface area contributed by atoms with E-state index in [9.17, 15) is 9.90 Å². The average molecular weight is 356 g/mol. The van der Waals surface area contributed by atoms with E-state index in [1.54, 1.807) is 7.11 Å². The Bertz CT molecular complexity index is 898. The normalized spacial score (nSPS) is 26.7. The smallest absolute Gasteiger partial charge is 0.256 e. The molecular formula is C21H28N2O3. The number of carbonyl (C=O) groups excluding carboxylic acids is 1. The fourth-order valence-corrected chi connectivity index (χ4v) is 5.60. The summed E-state index contributed by atoms with van der Waals surface area (Å²) in [6.07, 6.45) is 0.979. The minimum absolute atomic E-state index is 0.0689. The van der Waals surface area contributed by atoms with Crippen molar-refractivity contribution in [2.24, 2.45) is 23.8 Å². The summed E-state index contributed by atoms with van der Waals surface area (Å²) in [4.78, 5) is 15.4. The first-order chi connectivity index (χ1) is 12.2. The van der Waals surface area contributed by atoms with Crippen molar-refractivity contribution < 1.29 is 14.6 Å². The van der Waals surface area contributed by atoms with Crippen molar-refractivity contribution in [3.63, 3.8) is 0 Å². The van der Waals surface area contributed by atoms with E-state index in [1.165, 1.54) is 0 Å².